The molecule has 0 amide bonds. The maximum atomic E-state index is 9.70. The first-order valence-electron chi connectivity index (χ1n) is 8.32. The molecular weight excluding hydrogens is 296 g/mol. The van der Waals surface area contributed by atoms with Gasteiger partial charge in [-0.15, -0.1) is 0 Å². The van der Waals surface area contributed by atoms with Gasteiger partial charge in [-0.05, 0) is 56.5 Å². The zero-order valence-electron chi connectivity index (χ0n) is 14.2. The van der Waals surface area contributed by atoms with Crippen molar-refractivity contribution in [1.82, 2.24) is 14.1 Å². The highest BCUT2D eigenvalue weighted by molar-refractivity contribution is 5.91. The van der Waals surface area contributed by atoms with Crippen LogP contribution in [0.25, 0.3) is 22.7 Å². The molecule has 0 saturated heterocycles. The van der Waals surface area contributed by atoms with Crippen LogP contribution in [0, 0.1) is 25.2 Å². The molecule has 1 saturated carbocycles. The number of hydrogen-bond donors (Lipinski definition) is 0. The van der Waals surface area contributed by atoms with Crippen molar-refractivity contribution in [1.29, 1.82) is 5.26 Å². The molecule has 4 heteroatoms. The van der Waals surface area contributed by atoms with Crippen LogP contribution in [0.4, 0.5) is 0 Å². The maximum Gasteiger partial charge on any atom is 0.151 e. The summed E-state index contributed by atoms with van der Waals surface area (Å²) in [6.45, 7) is 4.28. The van der Waals surface area contributed by atoms with E-state index in [4.69, 9.17) is 0 Å². The van der Waals surface area contributed by atoms with Gasteiger partial charge in [0.25, 0.3) is 0 Å². The van der Waals surface area contributed by atoms with Crippen LogP contribution in [0.5, 0.6) is 0 Å². The Morgan fingerprint density at radius 1 is 1.29 bits per heavy atom. The second-order valence-electron chi connectivity index (χ2n) is 6.58. The number of hydrogen-bond acceptors (Lipinski definition) is 2. The number of nitrogens with zero attached hydrogens (tertiary/aromatic N) is 4. The smallest absolute Gasteiger partial charge is 0.151 e. The zero-order valence-corrected chi connectivity index (χ0v) is 14.2. The minimum absolute atomic E-state index is 0.602. The fourth-order valence-electron chi connectivity index (χ4n) is 3.53. The lowest BCUT2D eigenvalue weighted by Gasteiger charge is -2.07. The van der Waals surface area contributed by atoms with E-state index in [1.165, 1.54) is 24.2 Å². The summed E-state index contributed by atoms with van der Waals surface area (Å²) in [5, 5.41) is 9.70. The van der Waals surface area contributed by atoms with E-state index in [9.17, 15) is 5.26 Å². The number of para-hydroxylation sites is 2. The number of allylic oxidation sites excluding steroid dienone is 1. The largest absolute Gasteiger partial charge is 0.346 e. The average molecular weight is 316 g/mol. The molecule has 0 N–H and O–H groups in total. The fraction of sp³-hybridized carbons (Fsp3) is 0.300. The van der Waals surface area contributed by atoms with Crippen LogP contribution in [0.2, 0.25) is 0 Å². The van der Waals surface area contributed by atoms with Crippen molar-refractivity contribution >= 4 is 22.7 Å². The van der Waals surface area contributed by atoms with Gasteiger partial charge in [-0.1, -0.05) is 12.1 Å². The Labute approximate surface area is 141 Å². The highest BCUT2D eigenvalue weighted by Gasteiger charge is 2.26. The van der Waals surface area contributed by atoms with Crippen LogP contribution < -0.4 is 0 Å². The van der Waals surface area contributed by atoms with E-state index in [-0.39, 0.29) is 0 Å². The average Bonchev–Trinajstić information content (AvgIpc) is 3.30. The lowest BCUT2D eigenvalue weighted by Crippen LogP contribution is -1.99. The summed E-state index contributed by atoms with van der Waals surface area (Å²) in [4.78, 5) is 4.65. The Kier molecular flexibility index (Phi) is 3.31. The Morgan fingerprint density at radius 3 is 2.71 bits per heavy atom. The van der Waals surface area contributed by atoms with Crippen LogP contribution in [0.15, 0.2) is 30.3 Å². The number of aryl methyl sites for hydroxylation is 2. The quantitative estimate of drug-likeness (QED) is 0.673. The Hall–Kier alpha value is -2.80. The molecule has 0 aliphatic heterocycles. The highest BCUT2D eigenvalue weighted by atomic mass is 15.1. The molecule has 1 aromatic carbocycles. The number of benzene rings is 1. The number of aromatic nitrogens is 3. The molecule has 1 fully saturated rings. The molecule has 0 unspecified atom stereocenters. The fourth-order valence-corrected chi connectivity index (χ4v) is 3.53. The number of fused-ring (bicyclic) bond motifs is 1. The monoisotopic (exact) mass is 316 g/mol. The van der Waals surface area contributed by atoms with Gasteiger partial charge in [-0.25, -0.2) is 4.98 Å². The van der Waals surface area contributed by atoms with E-state index < -0.39 is 0 Å². The van der Waals surface area contributed by atoms with E-state index in [0.717, 1.165) is 22.4 Å². The summed E-state index contributed by atoms with van der Waals surface area (Å²) < 4.78 is 4.39. The number of rotatable bonds is 3. The molecule has 3 aromatic rings. The molecule has 4 nitrogen and oxygen atoms in total. The van der Waals surface area contributed by atoms with Crippen molar-refractivity contribution in [2.24, 2.45) is 7.05 Å². The molecule has 24 heavy (non-hydrogen) atoms. The molecule has 0 radical (unpaired) electrons. The summed E-state index contributed by atoms with van der Waals surface area (Å²) in [6, 6.07) is 13.1. The zero-order chi connectivity index (χ0) is 16.8. The lowest BCUT2D eigenvalue weighted by molar-refractivity contribution is 0.699. The molecule has 1 aliphatic carbocycles. The Balaban J connectivity index is 1.84. The molecule has 2 heterocycles. The van der Waals surface area contributed by atoms with Gasteiger partial charge in [0, 0.05) is 24.5 Å². The summed E-state index contributed by atoms with van der Waals surface area (Å²) in [7, 11) is 1.96. The summed E-state index contributed by atoms with van der Waals surface area (Å²) in [5.74, 6) is 0.718. The number of imidazole rings is 1. The van der Waals surface area contributed by atoms with Gasteiger partial charge >= 0.3 is 0 Å². The summed E-state index contributed by atoms with van der Waals surface area (Å²) in [5.41, 5.74) is 6.18. The minimum atomic E-state index is 0.602. The van der Waals surface area contributed by atoms with Crippen molar-refractivity contribution in [2.45, 2.75) is 32.7 Å². The minimum Gasteiger partial charge on any atom is -0.346 e. The second-order valence-corrected chi connectivity index (χ2v) is 6.58. The molecule has 0 spiro atoms. The van der Waals surface area contributed by atoms with Crippen LogP contribution in [0.1, 0.15) is 41.7 Å². The molecule has 0 bridgehead atoms. The second kappa shape index (κ2) is 5.38. The van der Waals surface area contributed by atoms with E-state index in [0.29, 0.717) is 11.6 Å². The van der Waals surface area contributed by atoms with E-state index in [2.05, 4.69) is 35.5 Å². The molecule has 1 aliphatic rings. The highest BCUT2D eigenvalue weighted by Crippen LogP contribution is 2.39. The van der Waals surface area contributed by atoms with Crippen LogP contribution >= 0.6 is 0 Å². The third-order valence-electron chi connectivity index (χ3n) is 4.88. The van der Waals surface area contributed by atoms with Crippen LogP contribution in [-0.2, 0) is 7.05 Å². The van der Waals surface area contributed by atoms with Gasteiger partial charge in [-0.2, -0.15) is 5.26 Å². The predicted octanol–water partition coefficient (Wildman–Crippen LogP) is 4.39. The van der Waals surface area contributed by atoms with E-state index in [1.54, 1.807) is 0 Å². The molecule has 4 rings (SSSR count). The maximum absolute atomic E-state index is 9.70. The topological polar surface area (TPSA) is 46.5 Å². The molecule has 2 aromatic heterocycles. The standard InChI is InChI=1S/C20H20N4/c1-13-10-15(14(2)24(13)17-8-9-17)11-16(12-21)20-22-18-6-4-5-7-19(18)23(20)3/h4-7,10-11,17H,8-9H2,1-3H3/b16-11+. The van der Waals surface area contributed by atoms with E-state index >= 15 is 0 Å². The molecular formula is C20H20N4. The third kappa shape index (κ3) is 2.25. The summed E-state index contributed by atoms with van der Waals surface area (Å²) >= 11 is 0. The van der Waals surface area contributed by atoms with Crippen LogP contribution in [-0.4, -0.2) is 14.1 Å². The van der Waals surface area contributed by atoms with Gasteiger partial charge in [0.2, 0.25) is 0 Å². The SMILES string of the molecule is Cc1cc(/C=C(\C#N)c2nc3ccccc3n2C)c(C)n1C1CC1. The first kappa shape index (κ1) is 14.8. The van der Waals surface area contributed by atoms with Crippen molar-refractivity contribution in [3.63, 3.8) is 0 Å². The van der Waals surface area contributed by atoms with Gasteiger partial charge in [0.05, 0.1) is 16.6 Å². The summed E-state index contributed by atoms with van der Waals surface area (Å²) in [6.07, 6.45) is 4.49. The van der Waals surface area contributed by atoms with Crippen molar-refractivity contribution < 1.29 is 0 Å². The third-order valence-corrected chi connectivity index (χ3v) is 4.88. The van der Waals surface area contributed by atoms with Crippen molar-refractivity contribution in [2.75, 3.05) is 0 Å². The Morgan fingerprint density at radius 2 is 2.04 bits per heavy atom. The molecule has 0 atom stereocenters. The van der Waals surface area contributed by atoms with Crippen molar-refractivity contribution in [3.8, 4) is 6.07 Å². The van der Waals surface area contributed by atoms with Gasteiger partial charge < -0.3 is 9.13 Å². The van der Waals surface area contributed by atoms with Gasteiger partial charge in [-0.3, -0.25) is 0 Å². The Bertz CT molecular complexity index is 1010. The lowest BCUT2D eigenvalue weighted by atomic mass is 10.1. The van der Waals surface area contributed by atoms with Crippen molar-refractivity contribution in [3.05, 3.63) is 53.1 Å². The van der Waals surface area contributed by atoms with E-state index in [1.807, 2.05) is 42.0 Å². The first-order valence-corrected chi connectivity index (χ1v) is 8.32. The predicted molar refractivity (Wildman–Crippen MR) is 96.4 cm³/mol. The molecule has 120 valence electrons. The van der Waals surface area contributed by atoms with Crippen LogP contribution in [0.3, 0.4) is 0 Å². The number of nitriles is 1. The normalized spacial score (nSPS) is 15.0. The first-order chi connectivity index (χ1) is 11.6. The van der Waals surface area contributed by atoms with Gasteiger partial charge in [0.15, 0.2) is 5.82 Å². The van der Waals surface area contributed by atoms with Gasteiger partial charge in [0.1, 0.15) is 6.07 Å².